The van der Waals surface area contributed by atoms with Crippen LogP contribution in [0, 0.1) is 13.5 Å². The van der Waals surface area contributed by atoms with Crippen LogP contribution < -0.4 is 0 Å². The summed E-state index contributed by atoms with van der Waals surface area (Å²) in [6.45, 7) is 10.2. The van der Waals surface area contributed by atoms with Crippen LogP contribution in [0.4, 0.5) is 0 Å². The molecule has 0 heterocycles. The Bertz CT molecular complexity index is 149. The summed E-state index contributed by atoms with van der Waals surface area (Å²) in [4.78, 5) is 4.37. The molecule has 1 nitrogen and oxygen atoms in total. The van der Waals surface area contributed by atoms with Crippen molar-refractivity contribution in [2.24, 2.45) is 4.99 Å². The Labute approximate surface area is 96.4 Å². The highest BCUT2D eigenvalue weighted by Gasteiger charge is 1.91. The van der Waals surface area contributed by atoms with Gasteiger partial charge in [0.1, 0.15) is 0 Å². The monoisotopic (exact) mass is 209 g/mol. The lowest BCUT2D eigenvalue weighted by Crippen LogP contribution is -1.87. The maximum Gasteiger partial charge on any atom is 0.0722 e. The molecule has 88 valence electrons. The topological polar surface area (TPSA) is 12.4 Å². The summed E-state index contributed by atoms with van der Waals surface area (Å²) in [6, 6.07) is 0. The lowest BCUT2D eigenvalue weighted by Gasteiger charge is -2.00. The number of hydrogen-bond acceptors (Lipinski definition) is 1. The average molecular weight is 209 g/mol. The van der Waals surface area contributed by atoms with Gasteiger partial charge in [0, 0.05) is 5.71 Å². The molecule has 0 unspecified atom stereocenters. The molecule has 0 saturated carbocycles. The van der Waals surface area contributed by atoms with E-state index in [1.807, 2.05) is 0 Å². The van der Waals surface area contributed by atoms with E-state index in [1.54, 1.807) is 0 Å². The highest BCUT2D eigenvalue weighted by molar-refractivity contribution is 5.81. The fraction of sp³-hybridized carbons (Fsp3) is 0.786. The molecule has 15 heavy (non-hydrogen) atoms. The third-order valence-corrected chi connectivity index (χ3v) is 2.66. The van der Waals surface area contributed by atoms with Crippen molar-refractivity contribution in [2.75, 3.05) is 0 Å². The largest absolute Gasteiger partial charge is 0.289 e. The van der Waals surface area contributed by atoms with Gasteiger partial charge in [0.25, 0.3) is 0 Å². The smallest absolute Gasteiger partial charge is 0.0722 e. The van der Waals surface area contributed by atoms with Crippen molar-refractivity contribution >= 4 is 5.71 Å². The summed E-state index contributed by atoms with van der Waals surface area (Å²) < 4.78 is 0. The summed E-state index contributed by atoms with van der Waals surface area (Å²) in [5.41, 5.74) is 1.24. The van der Waals surface area contributed by atoms with E-state index in [9.17, 15) is 0 Å². The second-order valence-electron chi connectivity index (χ2n) is 4.16. The molecule has 1 heteroatoms. The minimum absolute atomic E-state index is 1.07. The quantitative estimate of drug-likeness (QED) is 0.355. The maximum atomic E-state index is 4.37. The van der Waals surface area contributed by atoms with Crippen LogP contribution in [0.15, 0.2) is 4.99 Å². The molecule has 0 aromatic heterocycles. The van der Waals surface area contributed by atoms with Gasteiger partial charge in [0.2, 0.25) is 0 Å². The highest BCUT2D eigenvalue weighted by atomic mass is 14.7. The van der Waals surface area contributed by atoms with Gasteiger partial charge in [-0.15, -0.1) is 0 Å². The third kappa shape index (κ3) is 11.6. The molecule has 0 aliphatic heterocycles. The molecule has 0 bridgehead atoms. The van der Waals surface area contributed by atoms with E-state index in [0.717, 1.165) is 19.3 Å². The van der Waals surface area contributed by atoms with Crippen LogP contribution in [0.1, 0.15) is 71.6 Å². The van der Waals surface area contributed by atoms with Crippen LogP contribution >= 0.6 is 0 Å². The first kappa shape index (κ1) is 14.7. The number of hydrogen-bond donors (Lipinski definition) is 0. The maximum absolute atomic E-state index is 4.37. The van der Waals surface area contributed by atoms with Gasteiger partial charge in [-0.05, 0) is 19.8 Å². The SMILES string of the molecule is [CH2]CCCCCCCC[CH]N=C(C)CC. The van der Waals surface area contributed by atoms with Crippen molar-refractivity contribution in [3.05, 3.63) is 13.5 Å². The Balaban J connectivity index is 3.05. The minimum Gasteiger partial charge on any atom is -0.289 e. The molecule has 0 rings (SSSR count). The van der Waals surface area contributed by atoms with Crippen LogP contribution in [-0.4, -0.2) is 5.71 Å². The summed E-state index contributed by atoms with van der Waals surface area (Å²) in [6.07, 6.45) is 11.4. The summed E-state index contributed by atoms with van der Waals surface area (Å²) in [5.74, 6) is 0. The molecule has 0 amide bonds. The first-order chi connectivity index (χ1) is 7.31. The summed E-state index contributed by atoms with van der Waals surface area (Å²) >= 11 is 0. The fourth-order valence-corrected chi connectivity index (χ4v) is 1.43. The van der Waals surface area contributed by atoms with Gasteiger partial charge in [-0.1, -0.05) is 58.8 Å². The molecule has 0 aromatic carbocycles. The first-order valence-electron chi connectivity index (χ1n) is 6.45. The summed E-state index contributed by atoms with van der Waals surface area (Å²) in [7, 11) is 0. The van der Waals surface area contributed by atoms with Gasteiger partial charge in [0.15, 0.2) is 0 Å². The molecule has 0 spiro atoms. The Kier molecular flexibility index (Phi) is 11.5. The summed E-state index contributed by atoms with van der Waals surface area (Å²) in [5, 5.41) is 0. The number of rotatable bonds is 10. The molecule has 0 aliphatic rings. The van der Waals surface area contributed by atoms with Crippen LogP contribution in [-0.2, 0) is 0 Å². The Morgan fingerprint density at radius 1 is 1.07 bits per heavy atom. The van der Waals surface area contributed by atoms with E-state index in [0.29, 0.717) is 0 Å². The Morgan fingerprint density at radius 3 is 2.27 bits per heavy atom. The van der Waals surface area contributed by atoms with E-state index >= 15 is 0 Å². The van der Waals surface area contributed by atoms with Gasteiger partial charge in [-0.3, -0.25) is 4.99 Å². The van der Waals surface area contributed by atoms with E-state index in [2.05, 4.69) is 32.3 Å². The molecule has 0 N–H and O–H groups in total. The van der Waals surface area contributed by atoms with Gasteiger partial charge in [-0.25, -0.2) is 0 Å². The molecule has 0 aliphatic carbocycles. The number of aliphatic imine (C=N–C) groups is 1. The van der Waals surface area contributed by atoms with Crippen LogP contribution in [0.2, 0.25) is 0 Å². The minimum atomic E-state index is 1.07. The van der Waals surface area contributed by atoms with Crippen molar-refractivity contribution in [3.8, 4) is 0 Å². The molecule has 2 radical (unpaired) electrons. The average Bonchev–Trinajstić information content (AvgIpc) is 2.26. The zero-order valence-corrected chi connectivity index (χ0v) is 10.6. The molecule has 0 saturated heterocycles. The van der Waals surface area contributed by atoms with Crippen molar-refractivity contribution in [1.82, 2.24) is 0 Å². The van der Waals surface area contributed by atoms with Crippen LogP contribution in [0.25, 0.3) is 0 Å². The van der Waals surface area contributed by atoms with E-state index in [1.165, 1.54) is 44.2 Å². The lowest BCUT2D eigenvalue weighted by molar-refractivity contribution is 0.594. The number of nitrogens with zero attached hydrogens (tertiary/aromatic N) is 1. The van der Waals surface area contributed by atoms with E-state index in [-0.39, 0.29) is 0 Å². The van der Waals surface area contributed by atoms with Gasteiger partial charge in [-0.2, -0.15) is 0 Å². The second-order valence-corrected chi connectivity index (χ2v) is 4.16. The Morgan fingerprint density at radius 2 is 1.67 bits per heavy atom. The molecule has 0 fully saturated rings. The molecular weight excluding hydrogens is 182 g/mol. The number of unbranched alkanes of at least 4 members (excludes halogenated alkanes) is 7. The standard InChI is InChI=1S/C14H27N/c1-4-6-7-8-9-10-11-12-13-15-14(3)5-2/h13H,1,4-12H2,2-3H3. The van der Waals surface area contributed by atoms with Crippen molar-refractivity contribution in [1.29, 1.82) is 0 Å². The van der Waals surface area contributed by atoms with E-state index < -0.39 is 0 Å². The van der Waals surface area contributed by atoms with Gasteiger partial charge in [0.05, 0.1) is 6.54 Å². The predicted octanol–water partition coefficient (Wildman–Crippen LogP) is 4.97. The molecule has 0 aromatic rings. The van der Waals surface area contributed by atoms with Crippen LogP contribution in [0.3, 0.4) is 0 Å². The lowest BCUT2D eigenvalue weighted by atomic mass is 10.1. The zero-order chi connectivity index (χ0) is 11.4. The van der Waals surface area contributed by atoms with Gasteiger partial charge < -0.3 is 0 Å². The van der Waals surface area contributed by atoms with Crippen LogP contribution in [0.5, 0.6) is 0 Å². The fourth-order valence-electron chi connectivity index (χ4n) is 1.43. The predicted molar refractivity (Wildman–Crippen MR) is 70.0 cm³/mol. The zero-order valence-electron chi connectivity index (χ0n) is 10.6. The third-order valence-electron chi connectivity index (χ3n) is 2.66. The first-order valence-corrected chi connectivity index (χ1v) is 6.45. The Hall–Kier alpha value is -0.330. The van der Waals surface area contributed by atoms with Crippen molar-refractivity contribution < 1.29 is 0 Å². The second kappa shape index (κ2) is 11.7. The highest BCUT2D eigenvalue weighted by Crippen LogP contribution is 2.09. The van der Waals surface area contributed by atoms with E-state index in [4.69, 9.17) is 0 Å². The van der Waals surface area contributed by atoms with Gasteiger partial charge >= 0.3 is 0 Å². The van der Waals surface area contributed by atoms with Crippen molar-refractivity contribution in [3.63, 3.8) is 0 Å². The molecule has 0 atom stereocenters. The molecular formula is C14H27N. The normalized spacial score (nSPS) is 12.1. The van der Waals surface area contributed by atoms with Crippen molar-refractivity contribution in [2.45, 2.75) is 71.6 Å².